The van der Waals surface area contributed by atoms with Gasteiger partial charge < -0.3 is 10.2 Å². The zero-order valence-electron chi connectivity index (χ0n) is 9.24. The summed E-state index contributed by atoms with van der Waals surface area (Å²) < 4.78 is 5.10. The van der Waals surface area contributed by atoms with Crippen LogP contribution in [0.4, 0.5) is 5.69 Å². The van der Waals surface area contributed by atoms with E-state index >= 15 is 0 Å². The first-order chi connectivity index (χ1) is 8.10. The third kappa shape index (κ3) is 2.47. The van der Waals surface area contributed by atoms with E-state index in [0.717, 1.165) is 10.9 Å². The second-order valence-corrected chi connectivity index (χ2v) is 3.93. The Kier molecular flexibility index (Phi) is 3.15. The predicted molar refractivity (Wildman–Crippen MR) is 69.2 cm³/mol. The number of aliphatic imine (C=N–C) groups is 1. The summed E-state index contributed by atoms with van der Waals surface area (Å²) >= 11 is 5.54. The highest BCUT2D eigenvalue weighted by molar-refractivity contribution is 6.28. The largest absolute Gasteiger partial charge is 0.423 e. The van der Waals surface area contributed by atoms with Crippen molar-refractivity contribution < 1.29 is 4.42 Å². The third-order valence-corrected chi connectivity index (χ3v) is 2.62. The molecule has 4 nitrogen and oxygen atoms in total. The Labute approximate surface area is 103 Å². The van der Waals surface area contributed by atoms with E-state index in [2.05, 4.69) is 4.99 Å². The van der Waals surface area contributed by atoms with Gasteiger partial charge >= 0.3 is 5.63 Å². The van der Waals surface area contributed by atoms with E-state index in [4.69, 9.17) is 21.8 Å². The summed E-state index contributed by atoms with van der Waals surface area (Å²) in [6.45, 7) is 1.86. The van der Waals surface area contributed by atoms with Crippen molar-refractivity contribution in [2.24, 2.45) is 10.7 Å². The minimum absolute atomic E-state index is 0.163. The number of aryl methyl sites for hydroxylation is 1. The predicted octanol–water partition coefficient (Wildman–Crippen LogP) is 2.33. The molecule has 0 amide bonds. The standard InChI is InChI=1S/C12H11ClN2O2/c1-7-4-12(16)17-10-5-8(2-3-9(7)10)15-11(14)6-13/h2-5H,6H2,1H3,(H2,14,15). The van der Waals surface area contributed by atoms with Gasteiger partial charge in [-0.3, -0.25) is 0 Å². The van der Waals surface area contributed by atoms with E-state index in [1.807, 2.05) is 13.0 Å². The average Bonchev–Trinajstić information content (AvgIpc) is 2.28. The number of hydrogen-bond donors (Lipinski definition) is 1. The molecule has 2 rings (SSSR count). The molecule has 17 heavy (non-hydrogen) atoms. The topological polar surface area (TPSA) is 68.6 Å². The zero-order valence-corrected chi connectivity index (χ0v) is 9.99. The zero-order chi connectivity index (χ0) is 12.4. The molecule has 0 aliphatic carbocycles. The van der Waals surface area contributed by atoms with Gasteiger partial charge in [0.1, 0.15) is 11.4 Å². The molecule has 0 bridgehead atoms. The molecule has 1 aromatic heterocycles. The molecule has 88 valence electrons. The fraction of sp³-hybridized carbons (Fsp3) is 0.167. The number of nitrogens with zero attached hydrogens (tertiary/aromatic N) is 1. The number of nitrogens with two attached hydrogens (primary N) is 1. The highest BCUT2D eigenvalue weighted by Crippen LogP contribution is 2.22. The molecule has 1 heterocycles. The maximum Gasteiger partial charge on any atom is 0.336 e. The number of fused-ring (bicyclic) bond motifs is 1. The maximum atomic E-state index is 11.2. The normalized spacial score (nSPS) is 12.0. The van der Waals surface area contributed by atoms with Crippen LogP contribution in [-0.4, -0.2) is 11.7 Å². The van der Waals surface area contributed by atoms with Gasteiger partial charge in [-0.1, -0.05) is 0 Å². The van der Waals surface area contributed by atoms with Gasteiger partial charge in [0, 0.05) is 17.5 Å². The first-order valence-corrected chi connectivity index (χ1v) is 5.57. The van der Waals surface area contributed by atoms with E-state index in [0.29, 0.717) is 17.1 Å². The van der Waals surface area contributed by atoms with E-state index < -0.39 is 0 Å². The second-order valence-electron chi connectivity index (χ2n) is 3.67. The van der Waals surface area contributed by atoms with Crippen LogP contribution in [0.1, 0.15) is 5.56 Å². The van der Waals surface area contributed by atoms with E-state index in [-0.39, 0.29) is 11.5 Å². The maximum absolute atomic E-state index is 11.2. The van der Waals surface area contributed by atoms with Crippen LogP contribution in [0.3, 0.4) is 0 Å². The first-order valence-electron chi connectivity index (χ1n) is 5.03. The van der Waals surface area contributed by atoms with Crippen molar-refractivity contribution >= 4 is 34.1 Å². The Morgan fingerprint density at radius 1 is 1.47 bits per heavy atom. The second kappa shape index (κ2) is 4.59. The van der Waals surface area contributed by atoms with Gasteiger partial charge in [0.2, 0.25) is 0 Å². The van der Waals surface area contributed by atoms with Gasteiger partial charge in [-0.2, -0.15) is 0 Å². The molecular formula is C12H11ClN2O2. The van der Waals surface area contributed by atoms with Crippen LogP contribution in [0.5, 0.6) is 0 Å². The fourth-order valence-electron chi connectivity index (χ4n) is 1.58. The molecule has 1 aromatic carbocycles. The van der Waals surface area contributed by atoms with Gasteiger partial charge in [-0.25, -0.2) is 9.79 Å². The number of benzene rings is 1. The summed E-state index contributed by atoms with van der Waals surface area (Å²) in [5, 5.41) is 0.882. The first kappa shape index (κ1) is 11.7. The average molecular weight is 251 g/mol. The lowest BCUT2D eigenvalue weighted by Gasteiger charge is -2.01. The number of amidine groups is 1. The van der Waals surface area contributed by atoms with Crippen LogP contribution in [-0.2, 0) is 0 Å². The Hall–Kier alpha value is -1.81. The van der Waals surface area contributed by atoms with E-state index in [1.54, 1.807) is 12.1 Å². The molecule has 0 aliphatic heterocycles. The highest BCUT2D eigenvalue weighted by atomic mass is 35.5. The lowest BCUT2D eigenvalue weighted by molar-refractivity contribution is 0.560. The molecule has 5 heteroatoms. The SMILES string of the molecule is Cc1cc(=O)oc2cc(N=C(N)CCl)ccc12. The van der Waals surface area contributed by atoms with Gasteiger partial charge in [0.25, 0.3) is 0 Å². The van der Waals surface area contributed by atoms with Crippen molar-refractivity contribution in [2.45, 2.75) is 6.92 Å². The molecule has 0 saturated carbocycles. The van der Waals surface area contributed by atoms with Crippen LogP contribution < -0.4 is 11.4 Å². The summed E-state index contributed by atoms with van der Waals surface area (Å²) in [5.41, 5.74) is 7.15. The molecular weight excluding hydrogens is 240 g/mol. The van der Waals surface area contributed by atoms with Crippen molar-refractivity contribution in [1.82, 2.24) is 0 Å². The monoisotopic (exact) mass is 250 g/mol. The van der Waals surface area contributed by atoms with Gasteiger partial charge in [-0.05, 0) is 24.6 Å². The number of alkyl halides is 1. The summed E-state index contributed by atoms with van der Waals surface area (Å²) in [6, 6.07) is 6.77. The van der Waals surface area contributed by atoms with Crippen LogP contribution in [0.15, 0.2) is 38.5 Å². The Bertz CT molecular complexity index is 646. The van der Waals surface area contributed by atoms with Crippen LogP contribution in [0.25, 0.3) is 11.0 Å². The van der Waals surface area contributed by atoms with Crippen molar-refractivity contribution in [1.29, 1.82) is 0 Å². The Morgan fingerprint density at radius 2 is 2.24 bits per heavy atom. The van der Waals surface area contributed by atoms with Crippen LogP contribution in [0.2, 0.25) is 0 Å². The smallest absolute Gasteiger partial charge is 0.336 e. The third-order valence-electron chi connectivity index (χ3n) is 2.34. The summed E-state index contributed by atoms with van der Waals surface area (Å²) in [6.07, 6.45) is 0. The lowest BCUT2D eigenvalue weighted by Crippen LogP contribution is -2.12. The minimum Gasteiger partial charge on any atom is -0.423 e. The highest BCUT2D eigenvalue weighted by Gasteiger charge is 2.03. The Balaban J connectivity index is 2.62. The van der Waals surface area contributed by atoms with Gasteiger partial charge in [0.05, 0.1) is 11.6 Å². The molecule has 0 fully saturated rings. The number of rotatable bonds is 2. The molecule has 0 aliphatic rings. The molecule has 0 spiro atoms. The lowest BCUT2D eigenvalue weighted by atomic mass is 10.1. The van der Waals surface area contributed by atoms with Gasteiger partial charge in [-0.15, -0.1) is 11.6 Å². The summed E-state index contributed by atoms with van der Waals surface area (Å²) in [4.78, 5) is 15.3. The van der Waals surface area contributed by atoms with Crippen molar-refractivity contribution in [3.05, 3.63) is 40.2 Å². The molecule has 0 saturated heterocycles. The van der Waals surface area contributed by atoms with Crippen LogP contribution in [0, 0.1) is 6.92 Å². The Morgan fingerprint density at radius 3 is 2.94 bits per heavy atom. The van der Waals surface area contributed by atoms with Crippen molar-refractivity contribution in [2.75, 3.05) is 5.88 Å². The van der Waals surface area contributed by atoms with E-state index in [1.165, 1.54) is 6.07 Å². The van der Waals surface area contributed by atoms with Crippen molar-refractivity contribution in [3.63, 3.8) is 0 Å². The number of halogens is 1. The van der Waals surface area contributed by atoms with Crippen LogP contribution >= 0.6 is 11.6 Å². The van der Waals surface area contributed by atoms with Crippen molar-refractivity contribution in [3.8, 4) is 0 Å². The quantitative estimate of drug-likeness (QED) is 0.385. The van der Waals surface area contributed by atoms with Gasteiger partial charge in [0.15, 0.2) is 0 Å². The fourth-order valence-corrected chi connectivity index (χ4v) is 1.64. The van der Waals surface area contributed by atoms with E-state index in [9.17, 15) is 4.79 Å². The molecule has 0 radical (unpaired) electrons. The summed E-state index contributed by atoms with van der Waals surface area (Å²) in [7, 11) is 0. The molecule has 0 atom stereocenters. The molecule has 2 N–H and O–H groups in total. The minimum atomic E-state index is -0.374. The molecule has 0 unspecified atom stereocenters. The number of hydrogen-bond acceptors (Lipinski definition) is 3. The summed E-state index contributed by atoms with van der Waals surface area (Å²) in [5.74, 6) is 0.483. The molecule has 2 aromatic rings.